The maximum absolute atomic E-state index is 13.1. The largest absolute Gasteiger partial charge is 0.420 e. The van der Waals surface area contributed by atoms with Gasteiger partial charge in [0.2, 0.25) is 11.8 Å². The summed E-state index contributed by atoms with van der Waals surface area (Å²) in [5, 5.41) is 9.45. The molecule has 0 saturated carbocycles. The Labute approximate surface area is 117 Å². The number of nitrogens with zero attached hydrogens (tertiary/aromatic N) is 3. The Morgan fingerprint density at radius 1 is 1.19 bits per heavy atom. The molecule has 1 aromatic heterocycles. The first kappa shape index (κ1) is 13.8. The van der Waals surface area contributed by atoms with Crippen LogP contribution in [0.5, 0.6) is 0 Å². The fraction of sp³-hybridized carbons (Fsp3) is 0.500. The van der Waals surface area contributed by atoms with Gasteiger partial charge in [-0.15, -0.1) is 5.10 Å². The lowest BCUT2D eigenvalue weighted by Crippen LogP contribution is -2.33. The number of hydrogen-bond donors (Lipinski definition) is 1. The Hall–Kier alpha value is -2.19. The van der Waals surface area contributed by atoms with E-state index in [-0.39, 0.29) is 24.6 Å². The Morgan fingerprint density at radius 2 is 1.76 bits per heavy atom. The molecule has 2 aliphatic rings. The Morgan fingerprint density at radius 3 is 2.29 bits per heavy atom. The number of carbonyl (C=O) groups is 2. The van der Waals surface area contributed by atoms with E-state index in [2.05, 4.69) is 15.5 Å². The maximum atomic E-state index is 13.1. The molecular weight excluding hydrogens is 289 g/mol. The summed E-state index contributed by atoms with van der Waals surface area (Å²) in [7, 11) is 0. The second-order valence-corrected chi connectivity index (χ2v) is 5.19. The van der Waals surface area contributed by atoms with Crippen molar-refractivity contribution in [3.63, 3.8) is 0 Å². The molecule has 0 spiro atoms. The zero-order valence-electron chi connectivity index (χ0n) is 10.9. The van der Waals surface area contributed by atoms with Gasteiger partial charge in [-0.05, 0) is 13.0 Å². The highest BCUT2D eigenvalue weighted by molar-refractivity contribution is 6.06. The zero-order chi connectivity index (χ0) is 15.4. The molecule has 2 fully saturated rings. The van der Waals surface area contributed by atoms with Gasteiger partial charge in [0, 0.05) is 13.1 Å². The second kappa shape index (κ2) is 4.40. The van der Waals surface area contributed by atoms with Crippen LogP contribution in [0, 0.1) is 18.8 Å². The number of anilines is 1. The molecule has 2 saturated heterocycles. The minimum atomic E-state index is -4.57. The Balaban J connectivity index is 1.96. The quantitative estimate of drug-likeness (QED) is 0.765. The van der Waals surface area contributed by atoms with Crippen LogP contribution >= 0.6 is 0 Å². The molecule has 2 amide bonds. The van der Waals surface area contributed by atoms with E-state index in [4.69, 9.17) is 0 Å². The Bertz CT molecular complexity index is 609. The molecule has 3 rings (SSSR count). The summed E-state index contributed by atoms with van der Waals surface area (Å²) < 4.78 is 39.3. The topological polar surface area (TPSA) is 75.2 Å². The monoisotopic (exact) mass is 300 g/mol. The van der Waals surface area contributed by atoms with Crippen molar-refractivity contribution in [1.29, 1.82) is 0 Å². The van der Waals surface area contributed by atoms with Gasteiger partial charge in [-0.25, -0.2) is 0 Å². The first-order valence-corrected chi connectivity index (χ1v) is 6.28. The van der Waals surface area contributed by atoms with Crippen LogP contribution in [0.4, 0.5) is 19.0 Å². The molecule has 0 unspecified atom stereocenters. The molecule has 0 radical (unpaired) electrons. The first-order valence-electron chi connectivity index (χ1n) is 6.28. The maximum Gasteiger partial charge on any atom is 0.420 e. The van der Waals surface area contributed by atoms with Crippen molar-refractivity contribution < 1.29 is 22.8 Å². The number of aromatic nitrogens is 2. The SMILES string of the molecule is Cc1cc(C(F)(F)F)c(N2C[C@@H]3C(=O)NC(=O)[C@@H]3C2)nn1. The molecule has 1 N–H and O–H groups in total. The van der Waals surface area contributed by atoms with Crippen molar-refractivity contribution >= 4 is 17.6 Å². The van der Waals surface area contributed by atoms with Crippen molar-refractivity contribution in [3.05, 3.63) is 17.3 Å². The molecule has 112 valence electrons. The third-order valence-electron chi connectivity index (χ3n) is 3.74. The van der Waals surface area contributed by atoms with E-state index in [0.717, 1.165) is 6.07 Å². The van der Waals surface area contributed by atoms with Crippen LogP contribution in [0.25, 0.3) is 0 Å². The lowest BCUT2D eigenvalue weighted by Gasteiger charge is -2.21. The van der Waals surface area contributed by atoms with Crippen molar-refractivity contribution in [2.45, 2.75) is 13.1 Å². The number of amides is 2. The summed E-state index contributed by atoms with van der Waals surface area (Å²) in [6, 6.07) is 0.915. The molecule has 9 heteroatoms. The average Bonchev–Trinajstić information content (AvgIpc) is 2.91. The van der Waals surface area contributed by atoms with E-state index in [1.807, 2.05) is 0 Å². The summed E-state index contributed by atoms with van der Waals surface area (Å²) in [4.78, 5) is 24.4. The number of fused-ring (bicyclic) bond motifs is 1. The van der Waals surface area contributed by atoms with Gasteiger partial charge in [0.05, 0.1) is 17.5 Å². The van der Waals surface area contributed by atoms with Crippen LogP contribution in [0.3, 0.4) is 0 Å². The highest BCUT2D eigenvalue weighted by atomic mass is 19.4. The summed E-state index contributed by atoms with van der Waals surface area (Å²) in [6.07, 6.45) is -4.57. The van der Waals surface area contributed by atoms with Gasteiger partial charge < -0.3 is 4.90 Å². The minimum absolute atomic E-state index is 0.0308. The third kappa shape index (κ3) is 2.22. The molecule has 0 bridgehead atoms. The van der Waals surface area contributed by atoms with Crippen LogP contribution in [0.15, 0.2) is 6.07 Å². The van der Waals surface area contributed by atoms with Crippen LogP contribution in [0.1, 0.15) is 11.3 Å². The number of aryl methyl sites for hydroxylation is 1. The summed E-state index contributed by atoms with van der Waals surface area (Å²) >= 11 is 0. The van der Waals surface area contributed by atoms with Gasteiger partial charge in [0.15, 0.2) is 5.82 Å². The van der Waals surface area contributed by atoms with Crippen molar-refractivity contribution in [2.24, 2.45) is 11.8 Å². The average molecular weight is 300 g/mol. The fourth-order valence-electron chi connectivity index (χ4n) is 2.74. The van der Waals surface area contributed by atoms with E-state index >= 15 is 0 Å². The highest BCUT2D eigenvalue weighted by Gasteiger charge is 2.49. The molecule has 2 atom stereocenters. The third-order valence-corrected chi connectivity index (χ3v) is 3.74. The van der Waals surface area contributed by atoms with E-state index in [9.17, 15) is 22.8 Å². The van der Waals surface area contributed by atoms with Crippen LogP contribution in [0.2, 0.25) is 0 Å². The predicted octanol–water partition coefficient (Wildman–Crippen LogP) is 0.513. The van der Waals surface area contributed by atoms with Crippen LogP contribution < -0.4 is 10.2 Å². The number of imide groups is 1. The van der Waals surface area contributed by atoms with E-state index in [1.165, 1.54) is 11.8 Å². The molecule has 21 heavy (non-hydrogen) atoms. The van der Waals surface area contributed by atoms with Gasteiger partial charge in [0.25, 0.3) is 0 Å². The number of alkyl halides is 3. The minimum Gasteiger partial charge on any atom is -0.353 e. The number of rotatable bonds is 1. The molecule has 2 aliphatic heterocycles. The normalized spacial score (nSPS) is 25.2. The zero-order valence-corrected chi connectivity index (χ0v) is 10.9. The van der Waals surface area contributed by atoms with Crippen molar-refractivity contribution in [3.8, 4) is 0 Å². The van der Waals surface area contributed by atoms with E-state index < -0.39 is 35.4 Å². The highest BCUT2D eigenvalue weighted by Crippen LogP contribution is 2.39. The lowest BCUT2D eigenvalue weighted by molar-refractivity contribution is -0.137. The molecule has 6 nitrogen and oxygen atoms in total. The number of hydrogen-bond acceptors (Lipinski definition) is 5. The standard InChI is InChI=1S/C12H11F3N4O2/c1-5-2-8(12(13,14)15)9(18-17-5)19-3-6-7(4-19)11(21)16-10(6)20/h2,6-7H,3-4H2,1H3,(H,16,20,21)/t6-,7+. The van der Waals surface area contributed by atoms with Crippen molar-refractivity contribution in [1.82, 2.24) is 15.5 Å². The van der Waals surface area contributed by atoms with Gasteiger partial charge >= 0.3 is 6.18 Å². The molecule has 0 aromatic carbocycles. The van der Waals surface area contributed by atoms with E-state index in [0.29, 0.717) is 0 Å². The summed E-state index contributed by atoms with van der Waals surface area (Å²) in [6.45, 7) is 1.48. The van der Waals surface area contributed by atoms with Gasteiger partial charge in [-0.1, -0.05) is 0 Å². The predicted molar refractivity (Wildman–Crippen MR) is 64.1 cm³/mol. The summed E-state index contributed by atoms with van der Waals surface area (Å²) in [5.41, 5.74) is -0.748. The fourth-order valence-corrected chi connectivity index (χ4v) is 2.74. The lowest BCUT2D eigenvalue weighted by atomic mass is 10.00. The molecular formula is C12H11F3N4O2. The number of carbonyl (C=O) groups excluding carboxylic acids is 2. The number of halogens is 3. The van der Waals surface area contributed by atoms with Crippen LogP contribution in [-0.4, -0.2) is 35.1 Å². The first-order chi connectivity index (χ1) is 9.77. The van der Waals surface area contributed by atoms with Gasteiger partial charge in [-0.3, -0.25) is 14.9 Å². The second-order valence-electron chi connectivity index (χ2n) is 5.19. The molecule has 3 heterocycles. The van der Waals surface area contributed by atoms with Gasteiger partial charge in [-0.2, -0.15) is 18.3 Å². The Kier molecular flexibility index (Phi) is 2.89. The van der Waals surface area contributed by atoms with Gasteiger partial charge in [0.1, 0.15) is 5.56 Å². The smallest absolute Gasteiger partial charge is 0.353 e. The van der Waals surface area contributed by atoms with Crippen molar-refractivity contribution in [2.75, 3.05) is 18.0 Å². The van der Waals surface area contributed by atoms with Crippen LogP contribution in [-0.2, 0) is 15.8 Å². The summed E-state index contributed by atoms with van der Waals surface area (Å²) in [5.74, 6) is -2.46. The van der Waals surface area contributed by atoms with E-state index in [1.54, 1.807) is 0 Å². The number of nitrogens with one attached hydrogen (secondary N) is 1. The molecule has 1 aromatic rings. The molecule has 0 aliphatic carbocycles.